The number of nitrogens with two attached hydrogens (primary N) is 1. The van der Waals surface area contributed by atoms with Gasteiger partial charge in [-0.3, -0.25) is 11.3 Å². The van der Waals surface area contributed by atoms with Gasteiger partial charge >= 0.3 is 0 Å². The molecular weight excluding hydrogens is 200 g/mol. The van der Waals surface area contributed by atoms with Crippen LogP contribution in [0.4, 0.5) is 0 Å². The van der Waals surface area contributed by atoms with Crippen LogP contribution in [0.5, 0.6) is 0 Å². The number of hydrogen-bond donors (Lipinski definition) is 2. The van der Waals surface area contributed by atoms with E-state index >= 15 is 0 Å². The number of rotatable bonds is 5. The molecule has 2 rings (SSSR count). The van der Waals surface area contributed by atoms with Crippen molar-refractivity contribution in [3.63, 3.8) is 0 Å². The highest BCUT2D eigenvalue weighted by Crippen LogP contribution is 2.41. The Morgan fingerprint density at radius 2 is 1.94 bits per heavy atom. The van der Waals surface area contributed by atoms with Crippen molar-refractivity contribution in [3.05, 3.63) is 0 Å². The Kier molecular flexibility index (Phi) is 4.22. The molecular formula is C13H26N2O. The van der Waals surface area contributed by atoms with Crippen LogP contribution < -0.4 is 11.3 Å². The molecule has 0 saturated heterocycles. The Balaban J connectivity index is 1.88. The molecule has 94 valence electrons. The van der Waals surface area contributed by atoms with Gasteiger partial charge in [0.15, 0.2) is 0 Å². The molecule has 0 heterocycles. The normalized spacial score (nSPS) is 27.4. The molecule has 0 aromatic rings. The van der Waals surface area contributed by atoms with E-state index in [2.05, 4.69) is 5.43 Å². The van der Waals surface area contributed by atoms with Gasteiger partial charge in [-0.05, 0) is 44.4 Å². The predicted molar refractivity (Wildman–Crippen MR) is 65.9 cm³/mol. The molecule has 2 aliphatic rings. The summed E-state index contributed by atoms with van der Waals surface area (Å²) < 4.78 is 5.70. The van der Waals surface area contributed by atoms with Gasteiger partial charge in [0.25, 0.3) is 0 Å². The topological polar surface area (TPSA) is 47.3 Å². The first-order valence-corrected chi connectivity index (χ1v) is 6.81. The smallest absolute Gasteiger partial charge is 0.0694 e. The summed E-state index contributed by atoms with van der Waals surface area (Å²) in [7, 11) is 1.85. The zero-order valence-corrected chi connectivity index (χ0v) is 10.5. The number of hydrogen-bond acceptors (Lipinski definition) is 3. The zero-order valence-electron chi connectivity index (χ0n) is 10.5. The number of methoxy groups -OCH3 is 1. The van der Waals surface area contributed by atoms with E-state index < -0.39 is 0 Å². The molecule has 3 heteroatoms. The first kappa shape index (κ1) is 12.3. The highest BCUT2D eigenvalue weighted by atomic mass is 16.5. The van der Waals surface area contributed by atoms with Crippen LogP contribution in [0, 0.1) is 5.92 Å². The molecule has 3 N–H and O–H groups in total. The van der Waals surface area contributed by atoms with E-state index in [0.29, 0.717) is 6.04 Å². The molecule has 3 nitrogen and oxygen atoms in total. The molecule has 2 aliphatic carbocycles. The van der Waals surface area contributed by atoms with Gasteiger partial charge in [-0.1, -0.05) is 19.3 Å². The van der Waals surface area contributed by atoms with Gasteiger partial charge in [-0.15, -0.1) is 0 Å². The van der Waals surface area contributed by atoms with Gasteiger partial charge in [0.05, 0.1) is 5.60 Å². The van der Waals surface area contributed by atoms with Gasteiger partial charge in [-0.2, -0.15) is 0 Å². The third-order valence-corrected chi connectivity index (χ3v) is 4.72. The zero-order chi connectivity index (χ0) is 11.4. The largest absolute Gasteiger partial charge is 0.378 e. The quantitative estimate of drug-likeness (QED) is 0.559. The Bertz CT molecular complexity index is 204. The molecule has 1 atom stereocenters. The van der Waals surface area contributed by atoms with Crippen LogP contribution >= 0.6 is 0 Å². The summed E-state index contributed by atoms with van der Waals surface area (Å²) in [5, 5.41) is 0. The van der Waals surface area contributed by atoms with E-state index in [1.807, 2.05) is 7.11 Å². The van der Waals surface area contributed by atoms with E-state index in [-0.39, 0.29) is 5.60 Å². The lowest BCUT2D eigenvalue weighted by molar-refractivity contribution is -0.0879. The lowest BCUT2D eigenvalue weighted by Gasteiger charge is -2.44. The van der Waals surface area contributed by atoms with Crippen molar-refractivity contribution in [2.24, 2.45) is 11.8 Å². The van der Waals surface area contributed by atoms with Crippen LogP contribution in [-0.4, -0.2) is 18.8 Å². The summed E-state index contributed by atoms with van der Waals surface area (Å²) in [6.45, 7) is 0. The highest BCUT2D eigenvalue weighted by molar-refractivity contribution is 4.94. The molecule has 0 radical (unpaired) electrons. The Morgan fingerprint density at radius 1 is 1.25 bits per heavy atom. The fourth-order valence-electron chi connectivity index (χ4n) is 3.36. The first-order valence-electron chi connectivity index (χ1n) is 6.81. The summed E-state index contributed by atoms with van der Waals surface area (Å²) in [6, 6.07) is 0.459. The van der Waals surface area contributed by atoms with E-state index in [0.717, 1.165) is 12.3 Å². The van der Waals surface area contributed by atoms with Crippen molar-refractivity contribution in [3.8, 4) is 0 Å². The molecule has 0 aromatic carbocycles. The lowest BCUT2D eigenvalue weighted by atomic mass is 9.72. The maximum absolute atomic E-state index is 5.74. The summed E-state index contributed by atoms with van der Waals surface area (Å²) in [5.41, 5.74) is 3.20. The van der Waals surface area contributed by atoms with Gasteiger partial charge in [0, 0.05) is 13.2 Å². The molecule has 0 aliphatic heterocycles. The van der Waals surface area contributed by atoms with Crippen LogP contribution in [0.25, 0.3) is 0 Å². The monoisotopic (exact) mass is 226 g/mol. The molecule has 16 heavy (non-hydrogen) atoms. The molecule has 0 spiro atoms. The average molecular weight is 226 g/mol. The fraction of sp³-hybridized carbons (Fsp3) is 1.00. The maximum Gasteiger partial charge on any atom is 0.0694 e. The highest BCUT2D eigenvalue weighted by Gasteiger charge is 2.40. The van der Waals surface area contributed by atoms with Crippen molar-refractivity contribution >= 4 is 0 Å². The van der Waals surface area contributed by atoms with Crippen molar-refractivity contribution in [2.75, 3.05) is 7.11 Å². The third-order valence-electron chi connectivity index (χ3n) is 4.72. The SMILES string of the molecule is COC1(CC(NN)C2CCCCC2)CCC1. The van der Waals surface area contributed by atoms with Crippen molar-refractivity contribution in [1.82, 2.24) is 5.43 Å². The van der Waals surface area contributed by atoms with Gasteiger partial charge in [0.2, 0.25) is 0 Å². The van der Waals surface area contributed by atoms with E-state index in [9.17, 15) is 0 Å². The van der Waals surface area contributed by atoms with Crippen LogP contribution in [0.1, 0.15) is 57.8 Å². The lowest BCUT2D eigenvalue weighted by Crippen LogP contribution is -2.50. The number of ether oxygens (including phenoxy) is 1. The van der Waals surface area contributed by atoms with E-state index in [4.69, 9.17) is 10.6 Å². The van der Waals surface area contributed by atoms with Gasteiger partial charge in [0.1, 0.15) is 0 Å². The van der Waals surface area contributed by atoms with Gasteiger partial charge in [-0.25, -0.2) is 0 Å². The van der Waals surface area contributed by atoms with E-state index in [1.165, 1.54) is 51.4 Å². The second-order valence-corrected chi connectivity index (χ2v) is 5.62. The van der Waals surface area contributed by atoms with Crippen LogP contribution in [-0.2, 0) is 4.74 Å². The Hall–Kier alpha value is -0.120. The summed E-state index contributed by atoms with van der Waals surface area (Å²) in [4.78, 5) is 0. The van der Waals surface area contributed by atoms with Crippen LogP contribution in [0.15, 0.2) is 0 Å². The standard InChI is InChI=1S/C13H26N2O/c1-16-13(8-5-9-13)10-12(15-14)11-6-3-2-4-7-11/h11-12,15H,2-10,14H2,1H3. The molecule has 2 saturated carbocycles. The van der Waals surface area contributed by atoms with Crippen LogP contribution in [0.2, 0.25) is 0 Å². The van der Waals surface area contributed by atoms with Crippen molar-refractivity contribution in [2.45, 2.75) is 69.4 Å². The minimum absolute atomic E-state index is 0.147. The second kappa shape index (κ2) is 5.48. The second-order valence-electron chi connectivity index (χ2n) is 5.62. The molecule has 2 fully saturated rings. The van der Waals surface area contributed by atoms with E-state index in [1.54, 1.807) is 0 Å². The number of hydrazine groups is 1. The summed E-state index contributed by atoms with van der Waals surface area (Å²) in [6.07, 6.45) is 11.7. The molecule has 0 amide bonds. The summed E-state index contributed by atoms with van der Waals surface area (Å²) >= 11 is 0. The van der Waals surface area contributed by atoms with Crippen LogP contribution in [0.3, 0.4) is 0 Å². The minimum Gasteiger partial charge on any atom is -0.378 e. The Labute approximate surface area is 99.1 Å². The number of nitrogens with one attached hydrogen (secondary N) is 1. The third kappa shape index (κ3) is 2.58. The average Bonchev–Trinajstić information content (AvgIpc) is 2.30. The first-order chi connectivity index (χ1) is 7.79. The minimum atomic E-state index is 0.147. The van der Waals surface area contributed by atoms with Gasteiger partial charge < -0.3 is 4.74 Å². The molecule has 0 bridgehead atoms. The van der Waals surface area contributed by atoms with Crippen molar-refractivity contribution < 1.29 is 4.74 Å². The fourth-order valence-corrected chi connectivity index (χ4v) is 3.36. The Morgan fingerprint density at radius 3 is 2.38 bits per heavy atom. The summed E-state index contributed by atoms with van der Waals surface area (Å²) in [5.74, 6) is 6.51. The maximum atomic E-state index is 5.74. The predicted octanol–water partition coefficient (Wildman–Crippen LogP) is 2.36. The molecule has 0 aromatic heterocycles. The van der Waals surface area contributed by atoms with Crippen molar-refractivity contribution in [1.29, 1.82) is 0 Å². The molecule has 1 unspecified atom stereocenters.